The van der Waals surface area contributed by atoms with E-state index in [9.17, 15) is 9.59 Å². The Balaban J connectivity index is 1.91. The van der Waals surface area contributed by atoms with Crippen LogP contribution in [0.4, 0.5) is 5.69 Å². The summed E-state index contributed by atoms with van der Waals surface area (Å²) in [6, 6.07) is 4.93. The Morgan fingerprint density at radius 2 is 1.76 bits per heavy atom. The molecular formula is C16H21N3O2. The maximum Gasteiger partial charge on any atom is 0.261 e. The SMILES string of the molecule is CN(C)C1(CN2C(=O)c3ccc(N)cc3C2=O)CCCC1. The number of likely N-dealkylation sites (N-methyl/N-ethyl adjacent to an activating group) is 1. The molecule has 1 aliphatic heterocycles. The van der Waals surface area contributed by atoms with Gasteiger partial charge in [0.25, 0.3) is 11.8 Å². The summed E-state index contributed by atoms with van der Waals surface area (Å²) in [4.78, 5) is 28.6. The molecule has 1 aromatic carbocycles. The summed E-state index contributed by atoms with van der Waals surface area (Å²) in [5.41, 5.74) is 7.07. The van der Waals surface area contributed by atoms with Crippen LogP contribution in [0.25, 0.3) is 0 Å². The lowest BCUT2D eigenvalue weighted by Crippen LogP contribution is -2.52. The van der Waals surface area contributed by atoms with Crippen molar-refractivity contribution in [2.75, 3.05) is 26.4 Å². The smallest absolute Gasteiger partial charge is 0.261 e. The van der Waals surface area contributed by atoms with Crippen LogP contribution < -0.4 is 5.73 Å². The lowest BCUT2D eigenvalue weighted by Gasteiger charge is -2.38. The molecule has 0 spiro atoms. The highest BCUT2D eigenvalue weighted by Gasteiger charge is 2.44. The summed E-state index contributed by atoms with van der Waals surface area (Å²) in [7, 11) is 4.06. The van der Waals surface area contributed by atoms with Gasteiger partial charge in [-0.3, -0.25) is 14.5 Å². The number of benzene rings is 1. The topological polar surface area (TPSA) is 66.6 Å². The van der Waals surface area contributed by atoms with Crippen LogP contribution in [-0.4, -0.2) is 47.8 Å². The van der Waals surface area contributed by atoms with Crippen LogP contribution in [0.3, 0.4) is 0 Å². The van der Waals surface area contributed by atoms with Gasteiger partial charge in [0.15, 0.2) is 0 Å². The van der Waals surface area contributed by atoms with Crippen molar-refractivity contribution in [3.63, 3.8) is 0 Å². The average molecular weight is 287 g/mol. The molecule has 3 rings (SSSR count). The number of carbonyl (C=O) groups excluding carboxylic acids is 2. The van der Waals surface area contributed by atoms with Gasteiger partial charge in [-0.25, -0.2) is 0 Å². The lowest BCUT2D eigenvalue weighted by atomic mass is 9.95. The number of hydrogen-bond donors (Lipinski definition) is 1. The number of imide groups is 1. The van der Waals surface area contributed by atoms with Crippen LogP contribution in [0.2, 0.25) is 0 Å². The van der Waals surface area contributed by atoms with Gasteiger partial charge in [-0.2, -0.15) is 0 Å². The number of nitrogen functional groups attached to an aromatic ring is 1. The van der Waals surface area contributed by atoms with Crippen molar-refractivity contribution < 1.29 is 9.59 Å². The molecule has 1 fully saturated rings. The average Bonchev–Trinajstić information content (AvgIpc) is 3.00. The summed E-state index contributed by atoms with van der Waals surface area (Å²) in [5.74, 6) is -0.404. The van der Waals surface area contributed by atoms with E-state index in [0.717, 1.165) is 25.7 Å². The van der Waals surface area contributed by atoms with Gasteiger partial charge in [-0.05, 0) is 45.1 Å². The van der Waals surface area contributed by atoms with Crippen LogP contribution in [0.1, 0.15) is 46.4 Å². The van der Waals surface area contributed by atoms with E-state index < -0.39 is 0 Å². The Hall–Kier alpha value is -1.88. The first-order chi connectivity index (χ1) is 9.94. The minimum Gasteiger partial charge on any atom is -0.399 e. The molecule has 5 heteroatoms. The molecule has 0 bridgehead atoms. The molecule has 2 N–H and O–H groups in total. The second-order valence-electron chi connectivity index (χ2n) is 6.33. The zero-order valence-corrected chi connectivity index (χ0v) is 12.6. The summed E-state index contributed by atoms with van der Waals surface area (Å²) in [6.07, 6.45) is 4.34. The highest BCUT2D eigenvalue weighted by molar-refractivity contribution is 6.21. The molecule has 0 radical (unpaired) electrons. The second kappa shape index (κ2) is 4.84. The quantitative estimate of drug-likeness (QED) is 0.679. The van der Waals surface area contributed by atoms with Crippen molar-refractivity contribution in [2.24, 2.45) is 0 Å². The molecule has 2 aliphatic rings. The molecule has 21 heavy (non-hydrogen) atoms. The molecule has 0 atom stereocenters. The summed E-state index contributed by atoms with van der Waals surface area (Å²) >= 11 is 0. The Bertz CT molecular complexity index is 604. The van der Waals surface area contributed by atoms with Crippen molar-refractivity contribution in [2.45, 2.75) is 31.2 Å². The number of carbonyl (C=O) groups is 2. The minimum absolute atomic E-state index is 0.0844. The van der Waals surface area contributed by atoms with Gasteiger partial charge in [-0.15, -0.1) is 0 Å². The fourth-order valence-corrected chi connectivity index (χ4v) is 3.53. The Morgan fingerprint density at radius 3 is 2.38 bits per heavy atom. The van der Waals surface area contributed by atoms with Gasteiger partial charge < -0.3 is 10.6 Å². The molecule has 112 valence electrons. The molecule has 1 heterocycles. The van der Waals surface area contributed by atoms with E-state index in [4.69, 9.17) is 5.73 Å². The van der Waals surface area contributed by atoms with E-state index in [1.165, 1.54) is 4.90 Å². The van der Waals surface area contributed by atoms with E-state index in [2.05, 4.69) is 4.90 Å². The second-order valence-corrected chi connectivity index (χ2v) is 6.33. The fourth-order valence-electron chi connectivity index (χ4n) is 3.53. The number of nitrogens with two attached hydrogens (primary N) is 1. The third-order valence-corrected chi connectivity index (χ3v) is 4.93. The van der Waals surface area contributed by atoms with Crippen molar-refractivity contribution in [1.29, 1.82) is 0 Å². The van der Waals surface area contributed by atoms with Gasteiger partial charge in [0, 0.05) is 17.8 Å². The first kappa shape index (κ1) is 14.1. The highest BCUT2D eigenvalue weighted by atomic mass is 16.2. The molecule has 1 saturated carbocycles. The van der Waals surface area contributed by atoms with Crippen molar-refractivity contribution in [3.8, 4) is 0 Å². The summed E-state index contributed by atoms with van der Waals surface area (Å²) < 4.78 is 0. The third kappa shape index (κ3) is 2.12. The first-order valence-electron chi connectivity index (χ1n) is 7.38. The number of anilines is 1. The Kier molecular flexibility index (Phi) is 3.24. The van der Waals surface area contributed by atoms with E-state index in [1.54, 1.807) is 18.2 Å². The Morgan fingerprint density at radius 1 is 1.14 bits per heavy atom. The lowest BCUT2D eigenvalue weighted by molar-refractivity contribution is 0.0504. The molecule has 2 amide bonds. The molecule has 1 aromatic rings. The molecule has 0 aromatic heterocycles. The zero-order valence-electron chi connectivity index (χ0n) is 12.6. The van der Waals surface area contributed by atoms with Crippen LogP contribution >= 0.6 is 0 Å². The summed E-state index contributed by atoms with van der Waals surface area (Å²) in [5, 5.41) is 0. The molecule has 0 unspecified atom stereocenters. The number of amides is 2. The van der Waals surface area contributed by atoms with Gasteiger partial charge in [-0.1, -0.05) is 12.8 Å². The predicted octanol–water partition coefficient (Wildman–Crippen LogP) is 1.74. The monoisotopic (exact) mass is 287 g/mol. The van der Waals surface area contributed by atoms with Crippen molar-refractivity contribution in [3.05, 3.63) is 29.3 Å². The number of fused-ring (bicyclic) bond motifs is 1. The highest BCUT2D eigenvalue weighted by Crippen LogP contribution is 2.36. The zero-order chi connectivity index (χ0) is 15.2. The number of rotatable bonds is 3. The standard InChI is InChI=1S/C16H21N3O2/c1-18(2)16(7-3-4-8-16)10-19-14(20)12-6-5-11(17)9-13(12)15(19)21/h5-6,9H,3-4,7-8,10,17H2,1-2H3. The maximum atomic E-state index is 12.5. The minimum atomic E-state index is -0.213. The third-order valence-electron chi connectivity index (χ3n) is 4.93. The van der Waals surface area contributed by atoms with Gasteiger partial charge >= 0.3 is 0 Å². The number of hydrogen-bond acceptors (Lipinski definition) is 4. The van der Waals surface area contributed by atoms with E-state index >= 15 is 0 Å². The van der Waals surface area contributed by atoms with E-state index in [-0.39, 0.29) is 17.4 Å². The van der Waals surface area contributed by atoms with Gasteiger partial charge in [0.2, 0.25) is 0 Å². The van der Waals surface area contributed by atoms with Crippen LogP contribution in [0.5, 0.6) is 0 Å². The molecular weight excluding hydrogens is 266 g/mol. The van der Waals surface area contributed by atoms with Gasteiger partial charge in [0.05, 0.1) is 11.1 Å². The normalized spacial score (nSPS) is 20.4. The van der Waals surface area contributed by atoms with E-state index in [1.807, 2.05) is 14.1 Å². The van der Waals surface area contributed by atoms with Crippen molar-refractivity contribution in [1.82, 2.24) is 9.80 Å². The maximum absolute atomic E-state index is 12.5. The largest absolute Gasteiger partial charge is 0.399 e. The molecule has 5 nitrogen and oxygen atoms in total. The fraction of sp³-hybridized carbons (Fsp3) is 0.500. The van der Waals surface area contributed by atoms with E-state index in [0.29, 0.717) is 23.4 Å². The molecule has 0 saturated heterocycles. The number of nitrogens with zero attached hydrogens (tertiary/aromatic N) is 2. The van der Waals surface area contributed by atoms with Crippen LogP contribution in [0, 0.1) is 0 Å². The van der Waals surface area contributed by atoms with Crippen LogP contribution in [0.15, 0.2) is 18.2 Å². The Labute approximate surface area is 124 Å². The van der Waals surface area contributed by atoms with Crippen molar-refractivity contribution >= 4 is 17.5 Å². The van der Waals surface area contributed by atoms with Gasteiger partial charge in [0.1, 0.15) is 0 Å². The molecule has 1 aliphatic carbocycles. The summed E-state index contributed by atoms with van der Waals surface area (Å²) in [6.45, 7) is 0.465. The van der Waals surface area contributed by atoms with Crippen LogP contribution in [-0.2, 0) is 0 Å². The first-order valence-corrected chi connectivity index (χ1v) is 7.38. The predicted molar refractivity (Wildman–Crippen MR) is 81.1 cm³/mol.